The lowest BCUT2D eigenvalue weighted by Gasteiger charge is -2.58. The monoisotopic (exact) mass is 453 g/mol. The van der Waals surface area contributed by atoms with Gasteiger partial charge in [0, 0.05) is 23.9 Å². The number of aliphatic hydroxyl groups is 2. The summed E-state index contributed by atoms with van der Waals surface area (Å²) in [5.74, 6) is -1.11. The third kappa shape index (κ3) is 3.38. The number of hydrogen-bond donors (Lipinski definition) is 2. The molecule has 6 heteroatoms. The van der Waals surface area contributed by atoms with E-state index in [4.69, 9.17) is 4.74 Å². The summed E-state index contributed by atoms with van der Waals surface area (Å²) < 4.78 is 5.70. The largest absolute Gasteiger partial charge is 0.393 e. The van der Waals surface area contributed by atoms with Crippen LogP contribution in [0.1, 0.15) is 58.8 Å². The first kappa shape index (κ1) is 23.0. The number of hydrogen-bond acceptors (Lipinski definition) is 6. The van der Waals surface area contributed by atoms with Gasteiger partial charge in [0.25, 0.3) is 0 Å². The summed E-state index contributed by atoms with van der Waals surface area (Å²) in [6.07, 6.45) is 8.16. The van der Waals surface area contributed by atoms with E-state index in [2.05, 4.69) is 19.9 Å². The Bertz CT molecular complexity index is 943. The fourth-order valence-corrected chi connectivity index (χ4v) is 8.41. The third-order valence-electron chi connectivity index (χ3n) is 9.88. The lowest BCUT2D eigenvalue weighted by molar-refractivity contribution is -0.155. The normalized spacial score (nSPS) is 47.5. The smallest absolute Gasteiger partial charge is 0.178 e. The summed E-state index contributed by atoms with van der Waals surface area (Å²) in [4.78, 5) is 25.6. The Morgan fingerprint density at radius 3 is 2.79 bits per heavy atom. The lowest BCUT2D eigenvalue weighted by atomic mass is 9.46. The number of allylic oxidation sites excluding steroid dienone is 4. The summed E-state index contributed by atoms with van der Waals surface area (Å²) >= 11 is 0. The molecule has 178 valence electrons. The molecule has 0 radical (unpaired) electrons. The minimum absolute atomic E-state index is 0.00561. The topological polar surface area (TPSA) is 108 Å². The molecule has 1 aliphatic heterocycles. The molecule has 1 heterocycles. The van der Waals surface area contributed by atoms with Crippen LogP contribution in [-0.4, -0.2) is 46.7 Å². The zero-order chi connectivity index (χ0) is 23.5. The van der Waals surface area contributed by atoms with Crippen molar-refractivity contribution in [2.75, 3.05) is 6.61 Å². The van der Waals surface area contributed by atoms with E-state index in [0.717, 1.165) is 31.3 Å². The molecule has 0 amide bonds. The van der Waals surface area contributed by atoms with E-state index in [9.17, 15) is 25.1 Å². The predicted octanol–water partition coefficient (Wildman–Crippen LogP) is 3.13. The summed E-state index contributed by atoms with van der Waals surface area (Å²) in [5, 5.41) is 32.5. The molecule has 4 fully saturated rings. The molecular weight excluding hydrogens is 418 g/mol. The summed E-state index contributed by atoms with van der Waals surface area (Å²) in [6.45, 7) is 4.72. The Balaban J connectivity index is 1.47. The Morgan fingerprint density at radius 2 is 2.09 bits per heavy atom. The number of carbonyl (C=O) groups is 2. The van der Waals surface area contributed by atoms with Crippen LogP contribution in [0.3, 0.4) is 0 Å². The van der Waals surface area contributed by atoms with Crippen molar-refractivity contribution in [3.05, 3.63) is 23.8 Å². The van der Waals surface area contributed by atoms with Crippen LogP contribution >= 0.6 is 0 Å². The minimum Gasteiger partial charge on any atom is -0.393 e. The summed E-state index contributed by atoms with van der Waals surface area (Å²) in [7, 11) is 0. The van der Waals surface area contributed by atoms with Gasteiger partial charge in [-0.05, 0) is 74.3 Å². The van der Waals surface area contributed by atoms with Crippen molar-refractivity contribution in [2.24, 2.45) is 40.4 Å². The van der Waals surface area contributed by atoms with E-state index in [1.165, 1.54) is 0 Å². The van der Waals surface area contributed by atoms with Gasteiger partial charge in [0.15, 0.2) is 11.6 Å². The van der Waals surface area contributed by atoms with Crippen molar-refractivity contribution in [3.63, 3.8) is 0 Å². The van der Waals surface area contributed by atoms with Crippen LogP contribution in [0.5, 0.6) is 0 Å². The van der Waals surface area contributed by atoms with E-state index in [1.807, 2.05) is 6.08 Å². The molecule has 2 N–H and O–H groups in total. The third-order valence-corrected chi connectivity index (χ3v) is 9.88. The zero-order valence-corrected chi connectivity index (χ0v) is 19.6. The molecule has 4 aliphatic carbocycles. The van der Waals surface area contributed by atoms with E-state index in [0.29, 0.717) is 25.9 Å². The maximum absolute atomic E-state index is 13.6. The molecule has 10 atom stereocenters. The van der Waals surface area contributed by atoms with E-state index < -0.39 is 35.6 Å². The van der Waals surface area contributed by atoms with Crippen LogP contribution < -0.4 is 0 Å². The van der Waals surface area contributed by atoms with Crippen LogP contribution in [0.15, 0.2) is 23.8 Å². The first-order valence-electron chi connectivity index (χ1n) is 12.6. The molecule has 2 unspecified atom stereocenters. The number of aliphatic hydroxyl groups excluding tert-OH is 2. The second kappa shape index (κ2) is 8.15. The summed E-state index contributed by atoms with van der Waals surface area (Å²) in [5.41, 5.74) is 0.169. The molecule has 3 saturated carbocycles. The fraction of sp³-hybridized carbons (Fsp3) is 0.741. The van der Waals surface area contributed by atoms with E-state index in [1.54, 1.807) is 12.2 Å². The van der Waals surface area contributed by atoms with Gasteiger partial charge in [-0.25, -0.2) is 0 Å². The number of rotatable bonds is 3. The molecule has 5 rings (SSSR count). The zero-order valence-electron chi connectivity index (χ0n) is 19.6. The van der Waals surface area contributed by atoms with Crippen molar-refractivity contribution in [2.45, 2.75) is 77.1 Å². The molecule has 0 bridgehead atoms. The molecule has 6 nitrogen and oxygen atoms in total. The molecule has 0 aromatic rings. The molecule has 0 aromatic heterocycles. The number of Topliss-reactive ketones (excluding diaryl/α,β-unsaturated/α-hetero) is 1. The van der Waals surface area contributed by atoms with Gasteiger partial charge in [-0.1, -0.05) is 25.5 Å². The molecule has 0 spiro atoms. The Labute approximate surface area is 195 Å². The molecule has 1 saturated heterocycles. The lowest BCUT2D eigenvalue weighted by Crippen LogP contribution is -2.57. The molecule has 33 heavy (non-hydrogen) atoms. The number of nitriles is 1. The Kier molecular flexibility index (Phi) is 5.67. The Hall–Kier alpha value is -1.81. The maximum atomic E-state index is 13.6. The average Bonchev–Trinajstić information content (AvgIpc) is 3.10. The molecule has 0 aromatic carbocycles. The number of nitrogens with zero attached hydrogens (tertiary/aromatic N) is 1. The van der Waals surface area contributed by atoms with Crippen LogP contribution in [0.4, 0.5) is 0 Å². The van der Waals surface area contributed by atoms with Gasteiger partial charge in [-0.2, -0.15) is 5.26 Å². The Morgan fingerprint density at radius 1 is 1.30 bits per heavy atom. The second-order valence-corrected chi connectivity index (χ2v) is 11.5. The first-order valence-corrected chi connectivity index (χ1v) is 12.6. The van der Waals surface area contributed by atoms with Crippen LogP contribution in [0, 0.1) is 51.8 Å². The fourth-order valence-electron chi connectivity index (χ4n) is 8.41. The van der Waals surface area contributed by atoms with Crippen molar-refractivity contribution in [1.29, 1.82) is 5.26 Å². The quantitative estimate of drug-likeness (QED) is 0.680. The van der Waals surface area contributed by atoms with E-state index >= 15 is 0 Å². The highest BCUT2D eigenvalue weighted by atomic mass is 16.5. The predicted molar refractivity (Wildman–Crippen MR) is 121 cm³/mol. The SMILES string of the molecule is C[C@]12C[C@H](O)[C@H]3[C@@H](CCC4=CC(=O)C=C[C@@]43C)[C@@H]1C[C@@H](C#N)[C@@H]2C(=O)C(O)C1CCCCO1. The van der Waals surface area contributed by atoms with Gasteiger partial charge < -0.3 is 14.9 Å². The van der Waals surface area contributed by atoms with Gasteiger partial charge in [-0.3, -0.25) is 9.59 Å². The first-order chi connectivity index (χ1) is 15.7. The maximum Gasteiger partial charge on any atom is 0.178 e. The van der Waals surface area contributed by atoms with Gasteiger partial charge in [0.1, 0.15) is 6.10 Å². The average molecular weight is 454 g/mol. The van der Waals surface area contributed by atoms with E-state index in [-0.39, 0.29) is 34.7 Å². The number of fused-ring (bicyclic) bond motifs is 5. The van der Waals surface area contributed by atoms with Crippen molar-refractivity contribution >= 4 is 11.6 Å². The minimum atomic E-state index is -1.22. The van der Waals surface area contributed by atoms with Gasteiger partial charge in [-0.15, -0.1) is 0 Å². The van der Waals surface area contributed by atoms with Crippen LogP contribution in [0.2, 0.25) is 0 Å². The molecule has 5 aliphatic rings. The highest BCUT2D eigenvalue weighted by molar-refractivity contribution is 6.01. The highest BCUT2D eigenvalue weighted by Crippen LogP contribution is 2.67. The van der Waals surface area contributed by atoms with Gasteiger partial charge >= 0.3 is 0 Å². The number of ether oxygens (including phenoxy) is 1. The van der Waals surface area contributed by atoms with Gasteiger partial charge in [0.05, 0.1) is 24.2 Å². The van der Waals surface area contributed by atoms with Crippen molar-refractivity contribution in [1.82, 2.24) is 0 Å². The highest BCUT2D eigenvalue weighted by Gasteiger charge is 2.65. The van der Waals surface area contributed by atoms with Crippen LogP contribution in [-0.2, 0) is 14.3 Å². The molecular formula is C27H35NO5. The van der Waals surface area contributed by atoms with Crippen molar-refractivity contribution < 1.29 is 24.5 Å². The number of carbonyl (C=O) groups excluding carboxylic acids is 2. The standard InChI is InChI=1S/C27H35NO5/c1-26-9-8-17(29)12-16(26)6-7-18-19-11-15(14-28)22(27(19,2)13-20(30)23(18)26)25(32)24(31)21-5-3-4-10-33-21/h8-9,12,15,18-24,30-31H,3-7,10-11,13H2,1-2H3/t15-,18-,19-,20-,21?,22+,23+,24?,26-,27-/m0/s1. The number of ketones is 2. The van der Waals surface area contributed by atoms with Crippen molar-refractivity contribution in [3.8, 4) is 6.07 Å². The second-order valence-electron chi connectivity index (χ2n) is 11.5. The van der Waals surface area contributed by atoms with Gasteiger partial charge in [0.2, 0.25) is 0 Å². The van der Waals surface area contributed by atoms with Crippen LogP contribution in [0.25, 0.3) is 0 Å². The summed E-state index contributed by atoms with van der Waals surface area (Å²) in [6, 6.07) is 2.39.